The highest BCUT2D eigenvalue weighted by molar-refractivity contribution is 6.33. The van der Waals surface area contributed by atoms with E-state index in [2.05, 4.69) is 4.98 Å². The molecule has 0 aromatic carbocycles. The number of amides is 1. The number of nitrogens with zero attached hydrogens (tertiary/aromatic N) is 1. The Labute approximate surface area is 91.5 Å². The number of halogens is 2. The number of aromatic nitrogens is 1. The van der Waals surface area contributed by atoms with Gasteiger partial charge >= 0.3 is 0 Å². The molecule has 0 aliphatic rings. The Kier molecular flexibility index (Phi) is 3.92. The van der Waals surface area contributed by atoms with E-state index in [9.17, 15) is 4.79 Å². The summed E-state index contributed by atoms with van der Waals surface area (Å²) in [5, 5.41) is 0.639. The lowest BCUT2D eigenvalue weighted by atomic mass is 10.2. The molecule has 1 rings (SSSR count). The maximum Gasteiger partial charge on any atom is 0.221 e. The molecule has 1 aromatic rings. The first-order chi connectivity index (χ1) is 6.59. The fourth-order valence-corrected chi connectivity index (χ4v) is 1.26. The molecule has 0 saturated carbocycles. The molecule has 3 nitrogen and oxygen atoms in total. The van der Waals surface area contributed by atoms with Crippen molar-refractivity contribution in [2.75, 3.05) is 0 Å². The van der Waals surface area contributed by atoms with Gasteiger partial charge in [-0.05, 0) is 12.1 Å². The van der Waals surface area contributed by atoms with Gasteiger partial charge in [0.25, 0.3) is 0 Å². The summed E-state index contributed by atoms with van der Waals surface area (Å²) >= 11 is 11.4. The highest BCUT2D eigenvalue weighted by Gasteiger charge is 1.98. The second-order valence-corrected chi connectivity index (χ2v) is 3.33. The summed E-state index contributed by atoms with van der Waals surface area (Å²) in [4.78, 5) is 14.3. The van der Waals surface area contributed by atoms with Crippen LogP contribution in [0, 0.1) is 0 Å². The van der Waals surface area contributed by atoms with Crippen molar-refractivity contribution in [1.29, 1.82) is 0 Å². The van der Waals surface area contributed by atoms with Crippen molar-refractivity contribution in [2.24, 2.45) is 5.73 Å². The molecule has 1 amide bonds. The number of pyridine rings is 1. The van der Waals surface area contributed by atoms with Gasteiger partial charge in [-0.25, -0.2) is 4.98 Å². The van der Waals surface area contributed by atoms with Crippen LogP contribution in [0.15, 0.2) is 18.2 Å². The summed E-state index contributed by atoms with van der Waals surface area (Å²) in [6.45, 7) is 0. The predicted octanol–water partition coefficient (Wildman–Crippen LogP) is 2.28. The molecule has 0 radical (unpaired) electrons. The predicted molar refractivity (Wildman–Crippen MR) is 57.1 cm³/mol. The molecular weight excluding hydrogens is 223 g/mol. The van der Waals surface area contributed by atoms with Gasteiger partial charge in [-0.2, -0.15) is 0 Å². The average Bonchev–Trinajstić information content (AvgIpc) is 2.08. The molecule has 0 unspecified atom stereocenters. The maximum absolute atomic E-state index is 10.4. The fourth-order valence-electron chi connectivity index (χ4n) is 0.849. The van der Waals surface area contributed by atoms with Gasteiger partial charge < -0.3 is 5.73 Å². The molecule has 0 aliphatic heterocycles. The Morgan fingerprint density at radius 1 is 1.50 bits per heavy atom. The summed E-state index contributed by atoms with van der Waals surface area (Å²) in [7, 11) is 0. The Balaban J connectivity index is 2.76. The Hall–Kier alpha value is -1.06. The normalized spacial score (nSPS) is 10.7. The van der Waals surface area contributed by atoms with Crippen LogP contribution in [0.4, 0.5) is 0 Å². The van der Waals surface area contributed by atoms with Crippen LogP contribution in [0.1, 0.15) is 12.0 Å². The number of primary amides is 1. The van der Waals surface area contributed by atoms with Crippen LogP contribution in [0.5, 0.6) is 0 Å². The van der Waals surface area contributed by atoms with Crippen LogP contribution < -0.4 is 5.73 Å². The first-order valence-corrected chi connectivity index (χ1v) is 4.62. The Bertz CT molecular complexity index is 377. The Morgan fingerprint density at radius 2 is 2.21 bits per heavy atom. The molecule has 5 heteroatoms. The SMILES string of the molecule is NC(=O)CC=Cc1ccc(Cl)nc1Cl. The van der Waals surface area contributed by atoms with Gasteiger partial charge in [-0.15, -0.1) is 0 Å². The van der Waals surface area contributed by atoms with Gasteiger partial charge in [0.1, 0.15) is 10.3 Å². The van der Waals surface area contributed by atoms with Gasteiger partial charge in [0.15, 0.2) is 0 Å². The molecule has 1 heterocycles. The van der Waals surface area contributed by atoms with Crippen molar-refractivity contribution < 1.29 is 4.79 Å². The maximum atomic E-state index is 10.4. The minimum Gasteiger partial charge on any atom is -0.369 e. The monoisotopic (exact) mass is 230 g/mol. The third kappa shape index (κ3) is 3.36. The third-order valence-corrected chi connectivity index (χ3v) is 1.97. The van der Waals surface area contributed by atoms with Crippen molar-refractivity contribution >= 4 is 35.2 Å². The van der Waals surface area contributed by atoms with E-state index in [0.717, 1.165) is 0 Å². The van der Waals surface area contributed by atoms with Gasteiger partial charge in [-0.3, -0.25) is 4.79 Å². The molecule has 0 fully saturated rings. The molecular formula is C9H8Cl2N2O. The van der Waals surface area contributed by atoms with E-state index in [1.807, 2.05) is 0 Å². The van der Waals surface area contributed by atoms with Gasteiger partial charge in [0, 0.05) is 12.0 Å². The zero-order valence-corrected chi connectivity index (χ0v) is 8.72. The van der Waals surface area contributed by atoms with Crippen molar-refractivity contribution in [3.05, 3.63) is 34.1 Å². The molecule has 74 valence electrons. The first kappa shape index (κ1) is 11.0. The van der Waals surface area contributed by atoms with Crippen LogP contribution in [-0.4, -0.2) is 10.9 Å². The van der Waals surface area contributed by atoms with Crippen LogP contribution in [0.2, 0.25) is 10.3 Å². The molecule has 0 aliphatic carbocycles. The number of rotatable bonds is 3. The second kappa shape index (κ2) is 4.98. The summed E-state index contributed by atoms with van der Waals surface area (Å²) in [6, 6.07) is 3.34. The van der Waals surface area contributed by atoms with E-state index in [1.54, 1.807) is 24.3 Å². The number of carbonyl (C=O) groups excluding carboxylic acids is 1. The lowest BCUT2D eigenvalue weighted by molar-refractivity contribution is -0.117. The highest BCUT2D eigenvalue weighted by atomic mass is 35.5. The van der Waals surface area contributed by atoms with E-state index in [4.69, 9.17) is 28.9 Å². The van der Waals surface area contributed by atoms with E-state index in [0.29, 0.717) is 15.9 Å². The molecule has 0 atom stereocenters. The summed E-state index contributed by atoms with van der Waals surface area (Å²) in [6.07, 6.45) is 3.48. The lowest BCUT2D eigenvalue weighted by Gasteiger charge is -1.96. The van der Waals surface area contributed by atoms with Crippen LogP contribution >= 0.6 is 23.2 Å². The summed E-state index contributed by atoms with van der Waals surface area (Å²) < 4.78 is 0. The summed E-state index contributed by atoms with van der Waals surface area (Å²) in [5.74, 6) is -0.390. The molecule has 0 spiro atoms. The molecule has 0 saturated heterocycles. The quantitative estimate of drug-likeness (QED) is 0.811. The van der Waals surface area contributed by atoms with Crippen molar-refractivity contribution in [1.82, 2.24) is 4.98 Å². The lowest BCUT2D eigenvalue weighted by Crippen LogP contribution is -2.07. The minimum atomic E-state index is -0.390. The number of hydrogen-bond acceptors (Lipinski definition) is 2. The van der Waals surface area contributed by atoms with Crippen molar-refractivity contribution in [2.45, 2.75) is 6.42 Å². The highest BCUT2D eigenvalue weighted by Crippen LogP contribution is 2.17. The number of carbonyl (C=O) groups is 1. The van der Waals surface area contributed by atoms with E-state index in [-0.39, 0.29) is 12.3 Å². The van der Waals surface area contributed by atoms with Crippen molar-refractivity contribution in [3.8, 4) is 0 Å². The van der Waals surface area contributed by atoms with Crippen molar-refractivity contribution in [3.63, 3.8) is 0 Å². The smallest absolute Gasteiger partial charge is 0.221 e. The molecule has 1 aromatic heterocycles. The molecule has 0 bridgehead atoms. The van der Waals surface area contributed by atoms with Gasteiger partial charge in [-0.1, -0.05) is 35.4 Å². The zero-order valence-electron chi connectivity index (χ0n) is 7.21. The standard InChI is InChI=1S/C9H8Cl2N2O/c10-7-5-4-6(9(11)13-7)2-1-3-8(12)14/h1-2,4-5H,3H2,(H2,12,14). The number of hydrogen-bond donors (Lipinski definition) is 1. The Morgan fingerprint density at radius 3 is 2.79 bits per heavy atom. The first-order valence-electron chi connectivity index (χ1n) is 3.86. The van der Waals surface area contributed by atoms with Crippen LogP contribution in [-0.2, 0) is 4.79 Å². The van der Waals surface area contributed by atoms with Crippen LogP contribution in [0.25, 0.3) is 6.08 Å². The average molecular weight is 231 g/mol. The van der Waals surface area contributed by atoms with Gasteiger partial charge in [0.2, 0.25) is 5.91 Å². The second-order valence-electron chi connectivity index (χ2n) is 2.59. The zero-order chi connectivity index (χ0) is 10.6. The third-order valence-electron chi connectivity index (χ3n) is 1.46. The minimum absolute atomic E-state index is 0.180. The topological polar surface area (TPSA) is 56.0 Å². The largest absolute Gasteiger partial charge is 0.369 e. The van der Waals surface area contributed by atoms with E-state index < -0.39 is 0 Å². The van der Waals surface area contributed by atoms with E-state index in [1.165, 1.54) is 0 Å². The van der Waals surface area contributed by atoms with Crippen LogP contribution in [0.3, 0.4) is 0 Å². The van der Waals surface area contributed by atoms with E-state index >= 15 is 0 Å². The molecule has 14 heavy (non-hydrogen) atoms. The van der Waals surface area contributed by atoms with Gasteiger partial charge in [0.05, 0.1) is 0 Å². The number of nitrogens with two attached hydrogens (primary N) is 1. The summed E-state index contributed by atoms with van der Waals surface area (Å²) in [5.41, 5.74) is 5.66. The fraction of sp³-hybridized carbons (Fsp3) is 0.111. The molecule has 2 N–H and O–H groups in total.